The Morgan fingerprint density at radius 3 is 2.43 bits per heavy atom. The van der Waals surface area contributed by atoms with Gasteiger partial charge in [0, 0.05) is 22.6 Å². The number of thiophene rings is 1. The predicted molar refractivity (Wildman–Crippen MR) is 93.2 cm³/mol. The van der Waals surface area contributed by atoms with E-state index in [1.54, 1.807) is 11.3 Å². The van der Waals surface area contributed by atoms with Crippen LogP contribution in [0.1, 0.15) is 24.3 Å². The lowest BCUT2D eigenvalue weighted by molar-refractivity contribution is -0.138. The fourth-order valence-corrected chi connectivity index (χ4v) is 2.91. The average molecular weight is 331 g/mol. The summed E-state index contributed by atoms with van der Waals surface area (Å²) in [5.41, 5.74) is 6.54. The SMILES string of the molecule is CC(C)(Cc1ccc(NCc2cccs2)cc1)NC(=O)C(N)=O. The number of anilines is 1. The Bertz CT molecular complexity index is 664. The molecular formula is C17H21N3O2S. The fourth-order valence-electron chi connectivity index (χ4n) is 2.27. The molecule has 0 saturated carbocycles. The molecule has 0 aliphatic carbocycles. The summed E-state index contributed by atoms with van der Waals surface area (Å²) >= 11 is 1.72. The van der Waals surface area contributed by atoms with E-state index in [9.17, 15) is 9.59 Å². The lowest BCUT2D eigenvalue weighted by Gasteiger charge is -2.25. The number of nitrogens with two attached hydrogens (primary N) is 1. The molecule has 1 aromatic carbocycles. The van der Waals surface area contributed by atoms with Gasteiger partial charge in [-0.2, -0.15) is 0 Å². The molecule has 23 heavy (non-hydrogen) atoms. The molecule has 6 heteroatoms. The zero-order valence-electron chi connectivity index (χ0n) is 13.3. The minimum absolute atomic E-state index is 0.544. The minimum Gasteiger partial charge on any atom is -0.380 e. The van der Waals surface area contributed by atoms with E-state index in [0.29, 0.717) is 6.42 Å². The maximum absolute atomic E-state index is 11.4. The second kappa shape index (κ2) is 7.28. The molecule has 0 radical (unpaired) electrons. The van der Waals surface area contributed by atoms with Gasteiger partial charge in [0.2, 0.25) is 0 Å². The zero-order valence-corrected chi connectivity index (χ0v) is 14.1. The molecule has 0 spiro atoms. The summed E-state index contributed by atoms with van der Waals surface area (Å²) in [6, 6.07) is 12.2. The van der Waals surface area contributed by atoms with E-state index in [-0.39, 0.29) is 0 Å². The number of benzene rings is 1. The van der Waals surface area contributed by atoms with Crippen molar-refractivity contribution in [1.29, 1.82) is 0 Å². The van der Waals surface area contributed by atoms with Crippen molar-refractivity contribution in [3.8, 4) is 0 Å². The fraction of sp³-hybridized carbons (Fsp3) is 0.294. The Balaban J connectivity index is 1.91. The molecule has 0 aliphatic heterocycles. The maximum Gasteiger partial charge on any atom is 0.309 e. The van der Waals surface area contributed by atoms with Gasteiger partial charge in [0.25, 0.3) is 0 Å². The molecule has 0 aliphatic rings. The third kappa shape index (κ3) is 5.41. The topological polar surface area (TPSA) is 84.2 Å². The van der Waals surface area contributed by atoms with Gasteiger partial charge in [-0.15, -0.1) is 11.3 Å². The molecule has 1 aromatic heterocycles. The number of carbonyl (C=O) groups is 2. The van der Waals surface area contributed by atoms with E-state index in [2.05, 4.69) is 22.1 Å². The molecular weight excluding hydrogens is 310 g/mol. The summed E-state index contributed by atoms with van der Waals surface area (Å²) in [4.78, 5) is 23.5. The van der Waals surface area contributed by atoms with E-state index < -0.39 is 17.4 Å². The number of amides is 2. The number of nitrogens with one attached hydrogen (secondary N) is 2. The third-order valence-electron chi connectivity index (χ3n) is 3.32. The van der Waals surface area contributed by atoms with Crippen LogP contribution in [0.4, 0.5) is 5.69 Å². The normalized spacial score (nSPS) is 11.0. The van der Waals surface area contributed by atoms with Crippen LogP contribution in [0.2, 0.25) is 0 Å². The van der Waals surface area contributed by atoms with Crippen LogP contribution in [0.3, 0.4) is 0 Å². The van der Waals surface area contributed by atoms with Crippen molar-refractivity contribution < 1.29 is 9.59 Å². The largest absolute Gasteiger partial charge is 0.380 e. The highest BCUT2D eigenvalue weighted by Gasteiger charge is 2.23. The van der Waals surface area contributed by atoms with Crippen LogP contribution in [0.5, 0.6) is 0 Å². The van der Waals surface area contributed by atoms with Crippen LogP contribution in [-0.2, 0) is 22.6 Å². The predicted octanol–water partition coefficient (Wildman–Crippen LogP) is 2.28. The van der Waals surface area contributed by atoms with E-state index >= 15 is 0 Å². The minimum atomic E-state index is -0.966. The van der Waals surface area contributed by atoms with E-state index in [1.807, 2.05) is 44.2 Å². The van der Waals surface area contributed by atoms with Crippen molar-refractivity contribution in [2.45, 2.75) is 32.4 Å². The molecule has 122 valence electrons. The average Bonchev–Trinajstić information content (AvgIpc) is 2.99. The molecule has 0 bridgehead atoms. The van der Waals surface area contributed by atoms with E-state index in [4.69, 9.17) is 5.73 Å². The molecule has 2 rings (SSSR count). The summed E-state index contributed by atoms with van der Waals surface area (Å²) in [6.07, 6.45) is 0.608. The molecule has 0 atom stereocenters. The van der Waals surface area contributed by atoms with Gasteiger partial charge in [-0.1, -0.05) is 18.2 Å². The highest BCUT2D eigenvalue weighted by atomic mass is 32.1. The van der Waals surface area contributed by atoms with Gasteiger partial charge >= 0.3 is 11.8 Å². The first-order valence-electron chi connectivity index (χ1n) is 7.33. The van der Waals surface area contributed by atoms with Crippen LogP contribution in [-0.4, -0.2) is 17.4 Å². The summed E-state index contributed by atoms with van der Waals surface area (Å²) < 4.78 is 0. The Morgan fingerprint density at radius 1 is 1.17 bits per heavy atom. The third-order valence-corrected chi connectivity index (χ3v) is 4.20. The highest BCUT2D eigenvalue weighted by Crippen LogP contribution is 2.17. The molecule has 1 heterocycles. The Kier molecular flexibility index (Phi) is 5.39. The monoisotopic (exact) mass is 331 g/mol. The Morgan fingerprint density at radius 2 is 1.87 bits per heavy atom. The molecule has 2 aromatic rings. The summed E-state index contributed by atoms with van der Waals surface area (Å²) in [7, 11) is 0. The first-order valence-corrected chi connectivity index (χ1v) is 8.21. The van der Waals surface area contributed by atoms with Gasteiger partial charge in [-0.25, -0.2) is 0 Å². The van der Waals surface area contributed by atoms with Crippen molar-refractivity contribution in [1.82, 2.24) is 5.32 Å². The van der Waals surface area contributed by atoms with Gasteiger partial charge < -0.3 is 16.4 Å². The van der Waals surface area contributed by atoms with Crippen LogP contribution < -0.4 is 16.4 Å². The summed E-state index contributed by atoms with van der Waals surface area (Å²) in [5.74, 6) is -1.73. The van der Waals surface area contributed by atoms with E-state index in [1.165, 1.54) is 4.88 Å². The van der Waals surface area contributed by atoms with Crippen LogP contribution in [0.15, 0.2) is 41.8 Å². The molecule has 4 N–H and O–H groups in total. The maximum atomic E-state index is 11.4. The second-order valence-electron chi connectivity index (χ2n) is 6.01. The summed E-state index contributed by atoms with van der Waals surface area (Å²) in [5, 5.41) is 8.06. The van der Waals surface area contributed by atoms with Crippen LogP contribution in [0, 0.1) is 0 Å². The number of primary amides is 1. The lowest BCUT2D eigenvalue weighted by Crippen LogP contribution is -2.49. The Hall–Kier alpha value is -2.34. The quantitative estimate of drug-likeness (QED) is 0.710. The zero-order chi connectivity index (χ0) is 16.9. The highest BCUT2D eigenvalue weighted by molar-refractivity contribution is 7.09. The van der Waals surface area contributed by atoms with Gasteiger partial charge in [0.05, 0.1) is 0 Å². The van der Waals surface area contributed by atoms with Crippen molar-refractivity contribution in [2.24, 2.45) is 5.73 Å². The number of hydrogen-bond donors (Lipinski definition) is 3. The standard InChI is InChI=1S/C17H21N3O2S/c1-17(2,20-16(22)15(18)21)10-12-5-7-13(8-6-12)19-11-14-4-3-9-23-14/h3-9,19H,10-11H2,1-2H3,(H2,18,21)(H,20,22). The first-order chi connectivity index (χ1) is 10.9. The lowest BCUT2D eigenvalue weighted by atomic mass is 9.94. The number of hydrogen-bond acceptors (Lipinski definition) is 4. The van der Waals surface area contributed by atoms with Crippen LogP contribution in [0.25, 0.3) is 0 Å². The van der Waals surface area contributed by atoms with Crippen molar-refractivity contribution in [2.75, 3.05) is 5.32 Å². The molecule has 0 unspecified atom stereocenters. The molecule has 5 nitrogen and oxygen atoms in total. The van der Waals surface area contributed by atoms with Crippen molar-refractivity contribution >= 4 is 28.8 Å². The van der Waals surface area contributed by atoms with Gasteiger partial charge in [-0.3, -0.25) is 9.59 Å². The smallest absolute Gasteiger partial charge is 0.309 e. The number of rotatable bonds is 6. The molecule has 0 saturated heterocycles. The number of carbonyl (C=O) groups excluding carboxylic acids is 2. The molecule has 2 amide bonds. The van der Waals surface area contributed by atoms with Gasteiger partial charge in [0.1, 0.15) is 0 Å². The van der Waals surface area contributed by atoms with Crippen LogP contribution >= 0.6 is 11.3 Å². The van der Waals surface area contributed by atoms with Crippen molar-refractivity contribution in [3.05, 3.63) is 52.2 Å². The Labute approximate surface area is 139 Å². The van der Waals surface area contributed by atoms with E-state index in [0.717, 1.165) is 17.8 Å². The first kappa shape index (κ1) is 17.0. The van der Waals surface area contributed by atoms with Gasteiger partial charge in [0.15, 0.2) is 0 Å². The summed E-state index contributed by atoms with van der Waals surface area (Å²) in [6.45, 7) is 4.52. The van der Waals surface area contributed by atoms with Gasteiger partial charge in [-0.05, 0) is 49.4 Å². The molecule has 0 fully saturated rings. The van der Waals surface area contributed by atoms with Crippen molar-refractivity contribution in [3.63, 3.8) is 0 Å². The second-order valence-corrected chi connectivity index (χ2v) is 7.04.